The molecule has 136 valence electrons. The van der Waals surface area contributed by atoms with Gasteiger partial charge in [0.1, 0.15) is 0 Å². The third-order valence-electron chi connectivity index (χ3n) is 5.40. The second-order valence-corrected chi connectivity index (χ2v) is 7.14. The molecule has 10 heteroatoms. The monoisotopic (exact) mass is 370 g/mol. The predicted molar refractivity (Wildman–Crippen MR) is 99.1 cm³/mol. The van der Waals surface area contributed by atoms with Crippen LogP contribution >= 0.6 is 0 Å². The first-order chi connectivity index (χ1) is 13.6. The average Bonchev–Trinajstić information content (AvgIpc) is 3.22. The van der Waals surface area contributed by atoms with Gasteiger partial charge >= 0.3 is 0 Å². The summed E-state index contributed by atoms with van der Waals surface area (Å²) in [5.41, 5.74) is 17.3. The third kappa shape index (κ3) is 2.60. The van der Waals surface area contributed by atoms with Gasteiger partial charge in [0.05, 0.1) is 21.4 Å². The van der Waals surface area contributed by atoms with E-state index >= 15 is 0 Å². The highest BCUT2D eigenvalue weighted by atomic mass is 15.2. The molecule has 0 unspecified atom stereocenters. The van der Waals surface area contributed by atoms with Crippen LogP contribution in [0.25, 0.3) is 20.9 Å². The van der Waals surface area contributed by atoms with Gasteiger partial charge in [-0.05, 0) is 61.0 Å². The SMILES string of the molecule is [N-]=[N+]=Nc1ccc2c(c1)=NC1(CCC3(CC1)N=c1ccc(N=[N+]=[N-])cc1=N3)N=2. The second-order valence-electron chi connectivity index (χ2n) is 7.14. The van der Waals surface area contributed by atoms with Crippen molar-refractivity contribution >= 4 is 11.4 Å². The van der Waals surface area contributed by atoms with Crippen LogP contribution in [0.5, 0.6) is 0 Å². The normalized spacial score (nSPS) is 26.0. The molecule has 28 heavy (non-hydrogen) atoms. The number of azide groups is 2. The van der Waals surface area contributed by atoms with E-state index in [1.54, 1.807) is 24.3 Å². The van der Waals surface area contributed by atoms with Crippen molar-refractivity contribution in [3.05, 3.63) is 78.7 Å². The lowest BCUT2D eigenvalue weighted by atomic mass is 9.83. The van der Waals surface area contributed by atoms with Crippen LogP contribution in [0.1, 0.15) is 25.7 Å². The molecule has 3 aliphatic rings. The van der Waals surface area contributed by atoms with Gasteiger partial charge in [0.2, 0.25) is 0 Å². The number of fused-ring (bicyclic) bond motifs is 2. The quantitative estimate of drug-likeness (QED) is 0.434. The Morgan fingerprint density at radius 3 is 1.43 bits per heavy atom. The van der Waals surface area contributed by atoms with E-state index in [1.165, 1.54) is 0 Å². The number of hydrogen-bond acceptors (Lipinski definition) is 6. The lowest BCUT2D eigenvalue weighted by molar-refractivity contribution is 0.215. The van der Waals surface area contributed by atoms with Gasteiger partial charge < -0.3 is 0 Å². The Bertz CT molecular complexity index is 1230. The van der Waals surface area contributed by atoms with Crippen LogP contribution in [0.4, 0.5) is 11.4 Å². The first-order valence-corrected chi connectivity index (χ1v) is 8.93. The minimum Gasteiger partial charge on any atom is -0.253 e. The van der Waals surface area contributed by atoms with Crippen molar-refractivity contribution in [2.24, 2.45) is 30.2 Å². The lowest BCUT2D eigenvalue weighted by Gasteiger charge is -2.36. The minimum absolute atomic E-state index is 0.487. The van der Waals surface area contributed by atoms with E-state index in [0.717, 1.165) is 47.1 Å². The number of hydrogen-bond donors (Lipinski definition) is 0. The van der Waals surface area contributed by atoms with Crippen LogP contribution in [0.3, 0.4) is 0 Å². The van der Waals surface area contributed by atoms with Gasteiger partial charge in [-0.25, -0.2) is 0 Å². The zero-order chi connectivity index (χ0) is 19.2. The van der Waals surface area contributed by atoms with Gasteiger partial charge in [0.25, 0.3) is 0 Å². The Morgan fingerprint density at radius 1 is 0.643 bits per heavy atom. The van der Waals surface area contributed by atoms with Gasteiger partial charge in [0, 0.05) is 21.2 Å². The largest absolute Gasteiger partial charge is 0.253 e. The minimum atomic E-state index is -0.487. The van der Waals surface area contributed by atoms with E-state index < -0.39 is 11.3 Å². The van der Waals surface area contributed by atoms with Crippen LogP contribution in [0.15, 0.2) is 66.6 Å². The van der Waals surface area contributed by atoms with E-state index in [0.29, 0.717) is 11.4 Å². The standard InChI is InChI=1S/C18H14N10/c19-27-25-11-1-3-13-15(9-11)23-17(21-13)5-7-18(8-6-17)22-14-4-2-12(26-28-20)10-16(14)24-18/h1-4,9-10H,5-8H2. The van der Waals surface area contributed by atoms with Crippen LogP contribution in [-0.4, -0.2) is 11.3 Å². The molecule has 1 fully saturated rings. The molecule has 0 N–H and O–H groups in total. The molecule has 0 bridgehead atoms. The summed E-state index contributed by atoms with van der Waals surface area (Å²) in [5.74, 6) is 0. The van der Waals surface area contributed by atoms with Crippen molar-refractivity contribution in [1.82, 2.24) is 0 Å². The van der Waals surface area contributed by atoms with Gasteiger partial charge in [-0.15, -0.1) is 0 Å². The summed E-state index contributed by atoms with van der Waals surface area (Å²) in [7, 11) is 0. The molecule has 2 spiro atoms. The van der Waals surface area contributed by atoms with Gasteiger partial charge in [-0.2, -0.15) is 0 Å². The van der Waals surface area contributed by atoms with Crippen molar-refractivity contribution in [3.8, 4) is 0 Å². The molecule has 1 aliphatic carbocycles. The zero-order valence-electron chi connectivity index (χ0n) is 14.8. The lowest BCUT2D eigenvalue weighted by Crippen LogP contribution is -2.38. The average molecular weight is 370 g/mol. The summed E-state index contributed by atoms with van der Waals surface area (Å²) in [6.07, 6.45) is 2.96. The Kier molecular flexibility index (Phi) is 3.45. The Labute approximate surface area is 158 Å². The molecule has 5 rings (SSSR count). The molecule has 0 radical (unpaired) electrons. The summed E-state index contributed by atoms with van der Waals surface area (Å²) in [5, 5.41) is 10.5. The van der Waals surface area contributed by atoms with Crippen molar-refractivity contribution in [3.63, 3.8) is 0 Å². The van der Waals surface area contributed by atoms with Crippen molar-refractivity contribution in [1.29, 1.82) is 0 Å². The fourth-order valence-corrected chi connectivity index (χ4v) is 4.06. The molecule has 10 nitrogen and oxygen atoms in total. The smallest absolute Gasteiger partial charge is 0.151 e. The highest BCUT2D eigenvalue weighted by Gasteiger charge is 2.44. The van der Waals surface area contributed by atoms with Crippen LogP contribution in [0.2, 0.25) is 0 Å². The summed E-state index contributed by atoms with van der Waals surface area (Å²) >= 11 is 0. The number of nitrogens with zero attached hydrogens (tertiary/aromatic N) is 10. The maximum Gasteiger partial charge on any atom is 0.151 e. The summed E-state index contributed by atoms with van der Waals surface area (Å²) in [6, 6.07) is 10.7. The molecule has 2 aromatic carbocycles. The Morgan fingerprint density at radius 2 is 1.04 bits per heavy atom. The summed E-state index contributed by atoms with van der Waals surface area (Å²) in [4.78, 5) is 25.0. The van der Waals surface area contributed by atoms with E-state index in [-0.39, 0.29) is 0 Å². The molecule has 0 atom stereocenters. The topological polar surface area (TPSA) is 147 Å². The fourth-order valence-electron chi connectivity index (χ4n) is 4.06. The molecule has 2 aromatic rings. The molecule has 2 aliphatic heterocycles. The first-order valence-electron chi connectivity index (χ1n) is 8.93. The maximum atomic E-state index is 8.61. The molecule has 0 amide bonds. The highest BCUT2D eigenvalue weighted by Crippen LogP contribution is 2.41. The zero-order valence-corrected chi connectivity index (χ0v) is 14.8. The van der Waals surface area contributed by atoms with Gasteiger partial charge in [-0.3, -0.25) is 20.0 Å². The predicted octanol–water partition coefficient (Wildman–Crippen LogP) is 2.74. The van der Waals surface area contributed by atoms with Crippen molar-refractivity contribution < 1.29 is 0 Å². The second kappa shape index (κ2) is 5.88. The molecular weight excluding hydrogens is 356 g/mol. The van der Waals surface area contributed by atoms with Gasteiger partial charge in [0.15, 0.2) is 11.3 Å². The maximum absolute atomic E-state index is 8.61. The fraction of sp³-hybridized carbons (Fsp3) is 0.333. The third-order valence-corrected chi connectivity index (χ3v) is 5.40. The molecule has 0 saturated heterocycles. The van der Waals surface area contributed by atoms with Gasteiger partial charge in [-0.1, -0.05) is 22.4 Å². The number of rotatable bonds is 2. The first kappa shape index (κ1) is 16.4. The Balaban J connectivity index is 1.45. The van der Waals surface area contributed by atoms with E-state index in [9.17, 15) is 0 Å². The van der Waals surface area contributed by atoms with Crippen LogP contribution in [0, 0.1) is 0 Å². The molecule has 2 heterocycles. The molecular formula is C18H14N10. The Hall–Kier alpha value is -3.74. The molecule has 0 aromatic heterocycles. The van der Waals surface area contributed by atoms with E-state index in [4.69, 9.17) is 31.0 Å². The van der Waals surface area contributed by atoms with E-state index in [2.05, 4.69) is 20.1 Å². The van der Waals surface area contributed by atoms with Crippen molar-refractivity contribution in [2.75, 3.05) is 0 Å². The summed E-state index contributed by atoms with van der Waals surface area (Å²) < 4.78 is 0. The van der Waals surface area contributed by atoms with E-state index in [1.807, 2.05) is 12.1 Å². The summed E-state index contributed by atoms with van der Waals surface area (Å²) in [6.45, 7) is 0. The number of benzene rings is 2. The van der Waals surface area contributed by atoms with Crippen molar-refractivity contribution in [2.45, 2.75) is 37.0 Å². The highest BCUT2D eigenvalue weighted by molar-refractivity contribution is 5.37. The van der Waals surface area contributed by atoms with Crippen LogP contribution < -0.4 is 21.4 Å². The van der Waals surface area contributed by atoms with Crippen LogP contribution in [-0.2, 0) is 0 Å². The molecule has 1 saturated carbocycles.